The molecule has 0 radical (unpaired) electrons. The van der Waals surface area contributed by atoms with Gasteiger partial charge in [-0.25, -0.2) is 4.68 Å². The molecule has 0 saturated heterocycles. The van der Waals surface area contributed by atoms with Gasteiger partial charge in [0.25, 0.3) is 0 Å². The summed E-state index contributed by atoms with van der Waals surface area (Å²) >= 11 is 0. The Hall–Kier alpha value is -1.35. The second kappa shape index (κ2) is 14.9. The molecule has 0 fully saturated rings. The van der Waals surface area contributed by atoms with Crippen LogP contribution in [0.15, 0.2) is 6.20 Å². The van der Waals surface area contributed by atoms with Crippen molar-refractivity contribution in [3.63, 3.8) is 0 Å². The van der Waals surface area contributed by atoms with E-state index < -0.39 is 0 Å². The number of hydrogen-bond acceptors (Lipinski definition) is 7. The maximum Gasteiger partial charge on any atom is 0.129 e. The Bertz CT molecular complexity index is 454. The van der Waals surface area contributed by atoms with E-state index in [-0.39, 0.29) is 5.78 Å². The Labute approximate surface area is 150 Å². The smallest absolute Gasteiger partial charge is 0.129 e. The van der Waals surface area contributed by atoms with Crippen LogP contribution in [0.4, 0.5) is 0 Å². The zero-order chi connectivity index (χ0) is 18.2. The summed E-state index contributed by atoms with van der Waals surface area (Å²) in [5.41, 5.74) is 0.963. The van der Waals surface area contributed by atoms with Crippen LogP contribution >= 0.6 is 0 Å². The molecule has 0 spiro atoms. The third-order valence-electron chi connectivity index (χ3n) is 3.50. The summed E-state index contributed by atoms with van der Waals surface area (Å²) in [6, 6.07) is 0. The molecule has 0 unspecified atom stereocenters. The average Bonchev–Trinajstić information content (AvgIpc) is 3.04. The number of nitrogens with zero attached hydrogens (tertiary/aromatic N) is 3. The van der Waals surface area contributed by atoms with Gasteiger partial charge in [0.1, 0.15) is 5.78 Å². The van der Waals surface area contributed by atoms with Crippen LogP contribution in [0.25, 0.3) is 0 Å². The van der Waals surface area contributed by atoms with Crippen LogP contribution in [0.3, 0.4) is 0 Å². The fourth-order valence-corrected chi connectivity index (χ4v) is 2.12. The number of rotatable bonds is 17. The van der Waals surface area contributed by atoms with E-state index in [1.165, 1.54) is 0 Å². The number of aryl methyl sites for hydroxylation is 1. The second-order valence-corrected chi connectivity index (χ2v) is 5.82. The SMILES string of the molecule is CNCCOCCOCCOCCn1cc(CCCCC(C)=O)nn1. The summed E-state index contributed by atoms with van der Waals surface area (Å²) in [6.45, 7) is 6.75. The van der Waals surface area contributed by atoms with Gasteiger partial charge in [-0.05, 0) is 33.2 Å². The molecule has 1 N–H and O–H groups in total. The first-order valence-corrected chi connectivity index (χ1v) is 8.98. The van der Waals surface area contributed by atoms with Crippen molar-refractivity contribution in [1.82, 2.24) is 20.3 Å². The molecule has 1 rings (SSSR count). The predicted octanol–water partition coefficient (Wildman–Crippen LogP) is 0.849. The summed E-state index contributed by atoms with van der Waals surface area (Å²) in [5.74, 6) is 0.242. The number of ether oxygens (including phenoxy) is 3. The summed E-state index contributed by atoms with van der Waals surface area (Å²) < 4.78 is 18.1. The molecule has 1 heterocycles. The zero-order valence-corrected chi connectivity index (χ0v) is 15.5. The third-order valence-corrected chi connectivity index (χ3v) is 3.50. The monoisotopic (exact) mass is 356 g/mol. The first-order valence-electron chi connectivity index (χ1n) is 8.98. The molecule has 0 saturated carbocycles. The average molecular weight is 356 g/mol. The molecule has 8 nitrogen and oxygen atoms in total. The van der Waals surface area contributed by atoms with E-state index in [1.807, 2.05) is 13.2 Å². The van der Waals surface area contributed by atoms with Crippen molar-refractivity contribution in [2.45, 2.75) is 39.2 Å². The molecule has 0 amide bonds. The van der Waals surface area contributed by atoms with E-state index in [2.05, 4.69) is 15.6 Å². The lowest BCUT2D eigenvalue weighted by molar-refractivity contribution is -0.117. The number of carbonyl (C=O) groups is 1. The molecule has 0 aliphatic rings. The van der Waals surface area contributed by atoms with Gasteiger partial charge in [0.2, 0.25) is 0 Å². The summed E-state index contributed by atoms with van der Waals surface area (Å²) in [4.78, 5) is 10.9. The van der Waals surface area contributed by atoms with Crippen LogP contribution in [0.2, 0.25) is 0 Å². The summed E-state index contributed by atoms with van der Waals surface area (Å²) in [5, 5.41) is 11.2. The minimum Gasteiger partial charge on any atom is -0.378 e. The second-order valence-electron chi connectivity index (χ2n) is 5.82. The van der Waals surface area contributed by atoms with Crippen LogP contribution in [-0.2, 0) is 32.0 Å². The molecule has 25 heavy (non-hydrogen) atoms. The molecule has 0 aromatic carbocycles. The van der Waals surface area contributed by atoms with Crippen molar-refractivity contribution in [2.75, 3.05) is 53.2 Å². The van der Waals surface area contributed by atoms with Gasteiger partial charge in [0, 0.05) is 19.2 Å². The van der Waals surface area contributed by atoms with Crippen molar-refractivity contribution >= 4 is 5.78 Å². The number of nitrogens with one attached hydrogen (secondary N) is 1. The van der Waals surface area contributed by atoms with E-state index in [0.717, 1.165) is 31.5 Å². The summed E-state index contributed by atoms with van der Waals surface area (Å²) in [6.07, 6.45) is 5.32. The molecule has 8 heteroatoms. The molecule has 1 aromatic heterocycles. The molecule has 0 aliphatic heterocycles. The Morgan fingerprint density at radius 2 is 1.76 bits per heavy atom. The van der Waals surface area contributed by atoms with Crippen LogP contribution in [-0.4, -0.2) is 74.0 Å². The van der Waals surface area contributed by atoms with Crippen LogP contribution in [0.5, 0.6) is 0 Å². The van der Waals surface area contributed by atoms with Gasteiger partial charge in [-0.3, -0.25) is 0 Å². The molecule has 0 bridgehead atoms. The van der Waals surface area contributed by atoms with Gasteiger partial charge < -0.3 is 24.3 Å². The lowest BCUT2D eigenvalue weighted by Gasteiger charge is -2.06. The highest BCUT2D eigenvalue weighted by Gasteiger charge is 2.02. The van der Waals surface area contributed by atoms with Gasteiger partial charge in [0.15, 0.2) is 0 Å². The highest BCUT2D eigenvalue weighted by atomic mass is 16.5. The largest absolute Gasteiger partial charge is 0.378 e. The van der Waals surface area contributed by atoms with Gasteiger partial charge in [-0.15, -0.1) is 5.10 Å². The molecule has 0 aliphatic carbocycles. The maximum atomic E-state index is 10.9. The standard InChI is InChI=1S/C17H32N4O4/c1-16(22)5-3-4-6-17-15-21(20-19-17)8-10-24-12-14-25-13-11-23-9-7-18-2/h15,18H,3-14H2,1-2H3. The number of aromatic nitrogens is 3. The fourth-order valence-electron chi connectivity index (χ4n) is 2.12. The topological polar surface area (TPSA) is 87.5 Å². The Balaban J connectivity index is 1.92. The van der Waals surface area contributed by atoms with E-state index in [9.17, 15) is 4.79 Å². The van der Waals surface area contributed by atoms with E-state index in [0.29, 0.717) is 52.6 Å². The third kappa shape index (κ3) is 12.6. The van der Waals surface area contributed by atoms with Gasteiger partial charge in [-0.2, -0.15) is 0 Å². The first-order chi connectivity index (χ1) is 12.2. The van der Waals surface area contributed by atoms with Crippen molar-refractivity contribution in [2.24, 2.45) is 0 Å². The lowest BCUT2D eigenvalue weighted by atomic mass is 10.1. The lowest BCUT2D eigenvalue weighted by Crippen LogP contribution is -2.17. The molecular weight excluding hydrogens is 324 g/mol. The number of Topliss-reactive ketones (excluding diaryl/α,β-unsaturated/α-hetero) is 1. The van der Waals surface area contributed by atoms with Crippen LogP contribution in [0, 0.1) is 0 Å². The van der Waals surface area contributed by atoms with Crippen LogP contribution < -0.4 is 5.32 Å². The predicted molar refractivity (Wildman–Crippen MR) is 94.6 cm³/mol. The van der Waals surface area contributed by atoms with Crippen molar-refractivity contribution in [3.8, 4) is 0 Å². The zero-order valence-electron chi connectivity index (χ0n) is 15.5. The quantitative estimate of drug-likeness (QED) is 0.414. The normalized spacial score (nSPS) is 11.1. The first kappa shape index (κ1) is 21.7. The number of hydrogen-bond donors (Lipinski definition) is 1. The van der Waals surface area contributed by atoms with E-state index in [4.69, 9.17) is 14.2 Å². The van der Waals surface area contributed by atoms with Gasteiger partial charge >= 0.3 is 0 Å². The van der Waals surface area contributed by atoms with E-state index >= 15 is 0 Å². The number of likely N-dealkylation sites (N-methyl/N-ethyl adjacent to an activating group) is 1. The van der Waals surface area contributed by atoms with Crippen molar-refractivity contribution < 1.29 is 19.0 Å². The minimum atomic E-state index is 0.242. The Morgan fingerprint density at radius 1 is 1.08 bits per heavy atom. The van der Waals surface area contributed by atoms with E-state index in [1.54, 1.807) is 11.6 Å². The van der Waals surface area contributed by atoms with Crippen LogP contribution in [0.1, 0.15) is 31.9 Å². The Morgan fingerprint density at radius 3 is 2.44 bits per heavy atom. The highest BCUT2D eigenvalue weighted by Crippen LogP contribution is 2.03. The van der Waals surface area contributed by atoms with Crippen molar-refractivity contribution in [3.05, 3.63) is 11.9 Å². The van der Waals surface area contributed by atoms with Gasteiger partial charge in [-0.1, -0.05) is 5.21 Å². The number of ketones is 1. The highest BCUT2D eigenvalue weighted by molar-refractivity contribution is 5.75. The molecule has 144 valence electrons. The number of carbonyl (C=O) groups excluding carboxylic acids is 1. The Kier molecular flexibility index (Phi) is 13.0. The molecule has 0 atom stereocenters. The maximum absolute atomic E-state index is 10.9. The fraction of sp³-hybridized carbons (Fsp3) is 0.824. The summed E-state index contributed by atoms with van der Waals surface area (Å²) in [7, 11) is 1.90. The van der Waals surface area contributed by atoms with Crippen molar-refractivity contribution in [1.29, 1.82) is 0 Å². The van der Waals surface area contributed by atoms with Gasteiger partial charge in [0.05, 0.1) is 51.9 Å². The molecular formula is C17H32N4O4. The number of unbranched alkanes of at least 4 members (excludes halogenated alkanes) is 1. The molecule has 1 aromatic rings. The minimum absolute atomic E-state index is 0.242.